The molecule has 4 rings (SSSR count). The molecule has 0 aromatic carbocycles. The number of aromatic nitrogens is 2. The summed E-state index contributed by atoms with van der Waals surface area (Å²) in [6.07, 6.45) is 2.18. The fourth-order valence-corrected chi connectivity index (χ4v) is 5.87. The Hall–Kier alpha value is -1.16. The smallest absolute Gasteiger partial charge is 0.260 e. The molecule has 0 saturated carbocycles. The summed E-state index contributed by atoms with van der Waals surface area (Å²) in [5, 5.41) is 4.24. The van der Waals surface area contributed by atoms with Crippen molar-refractivity contribution in [1.82, 2.24) is 19.0 Å². The highest BCUT2D eigenvalue weighted by Gasteiger charge is 2.56. The van der Waals surface area contributed by atoms with E-state index in [0.29, 0.717) is 25.0 Å². The van der Waals surface area contributed by atoms with E-state index in [4.69, 9.17) is 9.47 Å². The summed E-state index contributed by atoms with van der Waals surface area (Å²) in [5.74, 6) is 0.320. The van der Waals surface area contributed by atoms with Crippen molar-refractivity contribution >= 4 is 10.0 Å². The van der Waals surface area contributed by atoms with Crippen LogP contribution in [0.3, 0.4) is 0 Å². The highest BCUT2D eigenvalue weighted by molar-refractivity contribution is 7.89. The highest BCUT2D eigenvalue weighted by Crippen LogP contribution is 2.44. The summed E-state index contributed by atoms with van der Waals surface area (Å²) in [6, 6.07) is 2.09. The lowest BCUT2D eigenvalue weighted by Gasteiger charge is -2.61. The van der Waals surface area contributed by atoms with E-state index in [1.165, 1.54) is 17.9 Å². The lowest BCUT2D eigenvalue weighted by molar-refractivity contribution is -0.116. The van der Waals surface area contributed by atoms with Gasteiger partial charge in [-0.1, -0.05) is 0 Å². The molecule has 3 aliphatic rings. The van der Waals surface area contributed by atoms with Gasteiger partial charge in [-0.15, -0.1) is 5.10 Å². The summed E-state index contributed by atoms with van der Waals surface area (Å²) in [4.78, 5) is 2.49. The Balaban J connectivity index is 1.38. The largest absolute Gasteiger partial charge is 0.480 e. The Kier molecular flexibility index (Phi) is 3.87. The van der Waals surface area contributed by atoms with E-state index in [2.05, 4.69) is 10.00 Å². The Morgan fingerprint density at radius 2 is 1.92 bits per heavy atom. The van der Waals surface area contributed by atoms with Crippen LogP contribution in [0.25, 0.3) is 0 Å². The standard InChI is InChI=1S/C15H24N4O4S/c1-17-14(7-13(16-17)22-2)24(20,21)19-10-15(11-19)8-18(9-15)12-3-5-23-6-4-12/h7,12H,3-6,8-11H2,1-2H3. The Morgan fingerprint density at radius 3 is 2.50 bits per heavy atom. The highest BCUT2D eigenvalue weighted by atomic mass is 32.2. The third kappa shape index (κ3) is 2.54. The van der Waals surface area contributed by atoms with Crippen molar-refractivity contribution in [3.8, 4) is 5.88 Å². The molecule has 0 radical (unpaired) electrons. The number of rotatable bonds is 4. The van der Waals surface area contributed by atoms with Gasteiger partial charge in [-0.05, 0) is 12.8 Å². The maximum absolute atomic E-state index is 12.8. The fourth-order valence-electron chi connectivity index (χ4n) is 4.09. The molecule has 0 amide bonds. The number of ether oxygens (including phenoxy) is 2. The van der Waals surface area contributed by atoms with Gasteiger partial charge < -0.3 is 9.47 Å². The zero-order chi connectivity index (χ0) is 16.9. The van der Waals surface area contributed by atoms with Gasteiger partial charge in [0.1, 0.15) is 0 Å². The first-order valence-electron chi connectivity index (χ1n) is 8.34. The minimum Gasteiger partial charge on any atom is -0.480 e. The van der Waals surface area contributed by atoms with E-state index in [-0.39, 0.29) is 10.4 Å². The molecule has 0 atom stereocenters. The molecule has 3 aliphatic heterocycles. The van der Waals surface area contributed by atoms with Crippen LogP contribution in [0.4, 0.5) is 0 Å². The molecule has 0 N–H and O–H groups in total. The number of methoxy groups -OCH3 is 1. The Bertz CT molecular complexity index is 712. The average molecular weight is 356 g/mol. The quantitative estimate of drug-likeness (QED) is 0.751. The van der Waals surface area contributed by atoms with Crippen molar-refractivity contribution in [3.05, 3.63) is 6.07 Å². The molecule has 3 saturated heterocycles. The van der Waals surface area contributed by atoms with Gasteiger partial charge in [0.15, 0.2) is 5.03 Å². The first kappa shape index (κ1) is 16.3. The van der Waals surface area contributed by atoms with Crippen molar-refractivity contribution in [2.24, 2.45) is 12.5 Å². The molecular weight excluding hydrogens is 332 g/mol. The summed E-state index contributed by atoms with van der Waals surface area (Å²) >= 11 is 0. The number of aryl methyl sites for hydroxylation is 1. The van der Waals surface area contributed by atoms with E-state index in [1.54, 1.807) is 11.4 Å². The van der Waals surface area contributed by atoms with E-state index in [0.717, 1.165) is 39.1 Å². The van der Waals surface area contributed by atoms with Gasteiger partial charge in [-0.25, -0.2) is 8.42 Å². The predicted octanol–water partition coefficient (Wildman–Crippen LogP) is -0.0860. The molecule has 1 spiro atoms. The van der Waals surface area contributed by atoms with Gasteiger partial charge in [0, 0.05) is 64.0 Å². The normalized spacial score (nSPS) is 25.4. The number of likely N-dealkylation sites (tertiary alicyclic amines) is 1. The summed E-state index contributed by atoms with van der Waals surface area (Å²) in [7, 11) is -0.388. The van der Waals surface area contributed by atoms with Crippen LogP contribution in [-0.2, 0) is 21.8 Å². The van der Waals surface area contributed by atoms with E-state index >= 15 is 0 Å². The first-order chi connectivity index (χ1) is 11.4. The molecule has 0 bridgehead atoms. The molecule has 9 heteroatoms. The van der Waals surface area contributed by atoms with Crippen LogP contribution in [0.5, 0.6) is 5.88 Å². The zero-order valence-corrected chi connectivity index (χ0v) is 15.0. The van der Waals surface area contributed by atoms with E-state index < -0.39 is 10.0 Å². The Morgan fingerprint density at radius 1 is 1.25 bits per heavy atom. The number of hydrogen-bond donors (Lipinski definition) is 0. The summed E-state index contributed by atoms with van der Waals surface area (Å²) in [6.45, 7) is 4.88. The summed E-state index contributed by atoms with van der Waals surface area (Å²) < 4.78 is 38.9. The van der Waals surface area contributed by atoms with Crippen molar-refractivity contribution in [2.45, 2.75) is 23.9 Å². The predicted molar refractivity (Wildman–Crippen MR) is 86.4 cm³/mol. The van der Waals surface area contributed by atoms with Crippen molar-refractivity contribution in [3.63, 3.8) is 0 Å². The van der Waals surface area contributed by atoms with Gasteiger partial charge >= 0.3 is 0 Å². The molecule has 4 heterocycles. The van der Waals surface area contributed by atoms with Gasteiger partial charge in [0.25, 0.3) is 10.0 Å². The molecule has 3 fully saturated rings. The van der Waals surface area contributed by atoms with Crippen LogP contribution in [0, 0.1) is 5.41 Å². The minimum absolute atomic E-state index is 0.147. The number of hydrogen-bond acceptors (Lipinski definition) is 6. The second-order valence-electron chi connectivity index (χ2n) is 7.17. The zero-order valence-electron chi connectivity index (χ0n) is 14.1. The fraction of sp³-hybridized carbons (Fsp3) is 0.800. The van der Waals surface area contributed by atoms with Gasteiger partial charge in [0.2, 0.25) is 5.88 Å². The van der Waals surface area contributed by atoms with Crippen molar-refractivity contribution in [1.29, 1.82) is 0 Å². The minimum atomic E-state index is -3.50. The summed E-state index contributed by atoms with van der Waals surface area (Å²) in [5.41, 5.74) is 0.147. The topological polar surface area (TPSA) is 76.9 Å². The van der Waals surface area contributed by atoms with Crippen LogP contribution in [0.2, 0.25) is 0 Å². The van der Waals surface area contributed by atoms with Crippen molar-refractivity contribution in [2.75, 3.05) is 46.5 Å². The maximum atomic E-state index is 12.8. The second-order valence-corrected chi connectivity index (χ2v) is 9.05. The third-order valence-corrected chi connectivity index (χ3v) is 7.28. The van der Waals surface area contributed by atoms with E-state index in [9.17, 15) is 8.42 Å². The van der Waals surface area contributed by atoms with Crippen LogP contribution < -0.4 is 4.74 Å². The van der Waals surface area contributed by atoms with Gasteiger partial charge in [-0.3, -0.25) is 9.58 Å². The van der Waals surface area contributed by atoms with Gasteiger partial charge in [0.05, 0.1) is 7.11 Å². The van der Waals surface area contributed by atoms with Gasteiger partial charge in [-0.2, -0.15) is 4.31 Å². The van der Waals surface area contributed by atoms with Crippen LogP contribution in [0.15, 0.2) is 11.1 Å². The molecule has 8 nitrogen and oxygen atoms in total. The number of nitrogens with zero attached hydrogens (tertiary/aromatic N) is 4. The first-order valence-corrected chi connectivity index (χ1v) is 9.78. The van der Waals surface area contributed by atoms with Crippen LogP contribution >= 0.6 is 0 Å². The molecule has 1 aromatic rings. The van der Waals surface area contributed by atoms with Crippen LogP contribution in [-0.4, -0.2) is 79.9 Å². The number of sulfonamides is 1. The molecule has 0 aliphatic carbocycles. The molecule has 0 unspecified atom stereocenters. The SMILES string of the molecule is COc1cc(S(=O)(=O)N2CC3(CN(C4CCOCC4)C3)C2)n(C)n1. The van der Waals surface area contributed by atoms with Crippen molar-refractivity contribution < 1.29 is 17.9 Å². The Labute approximate surface area is 142 Å². The van der Waals surface area contributed by atoms with E-state index in [1.807, 2.05) is 0 Å². The molecule has 1 aromatic heterocycles. The lowest BCUT2D eigenvalue weighted by Crippen LogP contribution is -2.74. The average Bonchev–Trinajstić information content (AvgIpc) is 2.87. The maximum Gasteiger partial charge on any atom is 0.260 e. The second kappa shape index (κ2) is 5.69. The molecule has 134 valence electrons. The monoisotopic (exact) mass is 356 g/mol. The lowest BCUT2D eigenvalue weighted by atomic mass is 9.73. The molecular formula is C15H24N4O4S. The third-order valence-electron chi connectivity index (χ3n) is 5.44. The molecule has 24 heavy (non-hydrogen) atoms. The van der Waals surface area contributed by atoms with Crippen LogP contribution in [0.1, 0.15) is 12.8 Å².